The van der Waals surface area contributed by atoms with Gasteiger partial charge in [-0.25, -0.2) is 14.8 Å². The van der Waals surface area contributed by atoms with Crippen LogP contribution in [-0.4, -0.2) is 45.9 Å². The van der Waals surface area contributed by atoms with Gasteiger partial charge in [0.05, 0.1) is 11.1 Å². The fraction of sp³-hybridized carbons (Fsp3) is 0.154. The first kappa shape index (κ1) is 22.9. The number of nitrogens with zero attached hydrogens (tertiary/aromatic N) is 3. The molecule has 0 fully saturated rings. The third-order valence-electron chi connectivity index (χ3n) is 5.23. The highest BCUT2D eigenvalue weighted by Gasteiger charge is 2.12. The highest BCUT2D eigenvalue weighted by atomic mass is 16.4. The highest BCUT2D eigenvalue weighted by molar-refractivity contribution is 6.05. The van der Waals surface area contributed by atoms with Crippen molar-refractivity contribution in [1.29, 1.82) is 0 Å². The van der Waals surface area contributed by atoms with Gasteiger partial charge in [0.2, 0.25) is 0 Å². The maximum atomic E-state index is 12.8. The minimum Gasteiger partial charge on any atom is -0.478 e. The van der Waals surface area contributed by atoms with Crippen LogP contribution in [0.15, 0.2) is 73.1 Å². The van der Waals surface area contributed by atoms with Crippen LogP contribution in [0.25, 0.3) is 10.9 Å². The first-order chi connectivity index (χ1) is 16.4. The van der Waals surface area contributed by atoms with Gasteiger partial charge in [0.25, 0.3) is 5.91 Å². The lowest BCUT2D eigenvalue weighted by atomic mass is 10.1. The SMILES string of the molecule is CN(C)Cc1cccc(C(=O)Nc2cccc(CNc3ncnc4c(C(=O)O)cccc34)c2)c1. The molecule has 8 heteroatoms. The third kappa shape index (κ3) is 5.36. The Morgan fingerprint density at radius 2 is 1.71 bits per heavy atom. The maximum absolute atomic E-state index is 12.8. The zero-order valence-corrected chi connectivity index (χ0v) is 18.9. The number of benzene rings is 3. The van der Waals surface area contributed by atoms with Crippen molar-refractivity contribution < 1.29 is 14.7 Å². The van der Waals surface area contributed by atoms with Gasteiger partial charge < -0.3 is 20.6 Å². The zero-order chi connectivity index (χ0) is 24.1. The highest BCUT2D eigenvalue weighted by Crippen LogP contribution is 2.23. The third-order valence-corrected chi connectivity index (χ3v) is 5.23. The number of carboxylic acids is 1. The van der Waals surface area contributed by atoms with E-state index in [1.54, 1.807) is 18.2 Å². The molecule has 1 aromatic heterocycles. The van der Waals surface area contributed by atoms with Gasteiger partial charge in [-0.1, -0.05) is 30.3 Å². The number of hydrogen-bond donors (Lipinski definition) is 3. The fourth-order valence-corrected chi connectivity index (χ4v) is 3.73. The Morgan fingerprint density at radius 3 is 2.50 bits per heavy atom. The number of hydrogen-bond acceptors (Lipinski definition) is 6. The molecule has 34 heavy (non-hydrogen) atoms. The molecule has 0 aliphatic carbocycles. The number of carboxylic acid groups (broad SMARTS) is 1. The quantitative estimate of drug-likeness (QED) is 0.364. The number of fused-ring (bicyclic) bond motifs is 1. The van der Waals surface area contributed by atoms with Crippen molar-refractivity contribution in [2.75, 3.05) is 24.7 Å². The summed E-state index contributed by atoms with van der Waals surface area (Å²) in [6.45, 7) is 1.19. The monoisotopic (exact) mass is 455 g/mol. The summed E-state index contributed by atoms with van der Waals surface area (Å²) in [6.07, 6.45) is 1.35. The summed E-state index contributed by atoms with van der Waals surface area (Å²) in [7, 11) is 3.98. The molecule has 0 saturated heterocycles. The van der Waals surface area contributed by atoms with Crippen LogP contribution in [-0.2, 0) is 13.1 Å². The topological polar surface area (TPSA) is 107 Å². The summed E-state index contributed by atoms with van der Waals surface area (Å²) in [6, 6.07) is 20.1. The molecule has 0 aliphatic heterocycles. The molecule has 1 heterocycles. The molecule has 0 bridgehead atoms. The Kier molecular flexibility index (Phi) is 6.79. The Morgan fingerprint density at radius 1 is 0.941 bits per heavy atom. The molecule has 4 rings (SSSR count). The van der Waals surface area contributed by atoms with Gasteiger partial charge >= 0.3 is 5.97 Å². The van der Waals surface area contributed by atoms with Gasteiger partial charge in [-0.2, -0.15) is 0 Å². The van der Waals surface area contributed by atoms with Crippen LogP contribution in [0.3, 0.4) is 0 Å². The number of anilines is 2. The van der Waals surface area contributed by atoms with Crippen LogP contribution < -0.4 is 10.6 Å². The van der Waals surface area contributed by atoms with Crippen molar-refractivity contribution in [3.63, 3.8) is 0 Å². The number of aromatic nitrogens is 2. The Hall–Kier alpha value is -4.30. The van der Waals surface area contributed by atoms with E-state index >= 15 is 0 Å². The number of carbonyl (C=O) groups excluding carboxylic acids is 1. The van der Waals surface area contributed by atoms with Crippen LogP contribution in [0.4, 0.5) is 11.5 Å². The number of carbonyl (C=O) groups is 2. The Bertz CT molecular complexity index is 1350. The molecule has 0 aliphatic rings. The second-order valence-corrected chi connectivity index (χ2v) is 8.18. The van der Waals surface area contributed by atoms with E-state index in [-0.39, 0.29) is 11.5 Å². The number of amides is 1. The lowest BCUT2D eigenvalue weighted by Crippen LogP contribution is -2.14. The number of nitrogens with one attached hydrogen (secondary N) is 2. The van der Waals surface area contributed by atoms with Crippen LogP contribution in [0, 0.1) is 0 Å². The van der Waals surface area contributed by atoms with Crippen LogP contribution >= 0.6 is 0 Å². The molecule has 3 N–H and O–H groups in total. The standard InChI is InChI=1S/C26H25N5O3/c1-31(2)15-18-7-3-8-19(12-18)25(32)30-20-9-4-6-17(13-20)14-27-24-21-10-5-11-22(26(33)34)23(21)28-16-29-24/h3-13,16H,14-15H2,1-2H3,(H,30,32)(H,33,34)(H,27,28,29). The minimum atomic E-state index is -1.04. The van der Waals surface area contributed by atoms with E-state index in [4.69, 9.17) is 0 Å². The first-order valence-corrected chi connectivity index (χ1v) is 10.8. The normalized spacial score (nSPS) is 10.9. The van der Waals surface area contributed by atoms with Gasteiger partial charge in [-0.3, -0.25) is 4.79 Å². The molecule has 0 saturated carbocycles. The first-order valence-electron chi connectivity index (χ1n) is 10.8. The molecule has 0 spiro atoms. The van der Waals surface area contributed by atoms with E-state index in [2.05, 4.69) is 25.5 Å². The van der Waals surface area contributed by atoms with E-state index < -0.39 is 5.97 Å². The summed E-state index contributed by atoms with van der Waals surface area (Å²) in [4.78, 5) is 34.7. The van der Waals surface area contributed by atoms with Gasteiger partial charge in [0.1, 0.15) is 12.1 Å². The van der Waals surface area contributed by atoms with E-state index in [1.807, 2.05) is 56.6 Å². The number of rotatable bonds is 8. The van der Waals surface area contributed by atoms with Gasteiger partial charge in [-0.15, -0.1) is 0 Å². The molecule has 4 aromatic rings. The molecule has 1 amide bonds. The lowest BCUT2D eigenvalue weighted by molar-refractivity contribution is 0.0698. The maximum Gasteiger partial charge on any atom is 0.337 e. The largest absolute Gasteiger partial charge is 0.478 e. The van der Waals surface area contributed by atoms with Crippen molar-refractivity contribution in [2.45, 2.75) is 13.1 Å². The van der Waals surface area contributed by atoms with Crippen molar-refractivity contribution in [3.8, 4) is 0 Å². The fourth-order valence-electron chi connectivity index (χ4n) is 3.73. The van der Waals surface area contributed by atoms with Crippen LogP contribution in [0.1, 0.15) is 31.8 Å². The van der Waals surface area contributed by atoms with Crippen molar-refractivity contribution >= 4 is 34.3 Å². The summed E-state index contributed by atoms with van der Waals surface area (Å²) in [5, 5.41) is 16.2. The smallest absolute Gasteiger partial charge is 0.337 e. The molecule has 0 atom stereocenters. The predicted octanol–water partition coefficient (Wildman–Crippen LogP) is 4.25. The molecule has 172 valence electrons. The zero-order valence-electron chi connectivity index (χ0n) is 18.9. The van der Waals surface area contributed by atoms with E-state index in [0.717, 1.165) is 17.7 Å². The van der Waals surface area contributed by atoms with Gasteiger partial charge in [-0.05, 0) is 61.6 Å². The molecule has 0 radical (unpaired) electrons. The van der Waals surface area contributed by atoms with Crippen LogP contribution in [0.2, 0.25) is 0 Å². The molecule has 3 aromatic carbocycles. The predicted molar refractivity (Wildman–Crippen MR) is 132 cm³/mol. The molecule has 0 unspecified atom stereocenters. The van der Waals surface area contributed by atoms with E-state index in [0.29, 0.717) is 34.5 Å². The summed E-state index contributed by atoms with van der Waals surface area (Å²) in [5.74, 6) is -0.667. The van der Waals surface area contributed by atoms with Gasteiger partial charge in [0, 0.05) is 29.7 Å². The second-order valence-electron chi connectivity index (χ2n) is 8.18. The Balaban J connectivity index is 1.47. The average Bonchev–Trinajstić information content (AvgIpc) is 2.82. The lowest BCUT2D eigenvalue weighted by Gasteiger charge is -2.12. The van der Waals surface area contributed by atoms with Crippen molar-refractivity contribution in [3.05, 3.63) is 95.3 Å². The average molecular weight is 456 g/mol. The number of para-hydroxylation sites is 1. The number of aromatic carboxylic acids is 1. The van der Waals surface area contributed by atoms with E-state index in [1.165, 1.54) is 12.4 Å². The molecular formula is C26H25N5O3. The van der Waals surface area contributed by atoms with E-state index in [9.17, 15) is 14.7 Å². The second kappa shape index (κ2) is 10.1. The minimum absolute atomic E-state index is 0.127. The van der Waals surface area contributed by atoms with Gasteiger partial charge in [0.15, 0.2) is 0 Å². The summed E-state index contributed by atoms with van der Waals surface area (Å²) in [5.41, 5.74) is 3.79. The Labute approximate surface area is 197 Å². The summed E-state index contributed by atoms with van der Waals surface area (Å²) < 4.78 is 0. The summed E-state index contributed by atoms with van der Waals surface area (Å²) >= 11 is 0. The van der Waals surface area contributed by atoms with Crippen molar-refractivity contribution in [2.24, 2.45) is 0 Å². The molecular weight excluding hydrogens is 430 g/mol. The molecule has 8 nitrogen and oxygen atoms in total. The van der Waals surface area contributed by atoms with Crippen molar-refractivity contribution in [1.82, 2.24) is 14.9 Å². The van der Waals surface area contributed by atoms with Crippen LogP contribution in [0.5, 0.6) is 0 Å².